The van der Waals surface area contributed by atoms with Gasteiger partial charge in [-0.15, -0.1) is 0 Å². The van der Waals surface area contributed by atoms with Crippen molar-refractivity contribution in [1.29, 1.82) is 0 Å². The molecule has 6 nitrogen and oxygen atoms in total. The van der Waals surface area contributed by atoms with Crippen molar-refractivity contribution in [2.24, 2.45) is 0 Å². The minimum Gasteiger partial charge on any atom is -0.398 e. The molecule has 2 aromatic carbocycles. The SMILES string of the molecule is CS(=O)(=O)c1ccccc1N(Cc1ccc(Br)c(N)c1)C(=O)c1cccnc1. The van der Waals surface area contributed by atoms with Gasteiger partial charge in [0.25, 0.3) is 5.91 Å². The maximum Gasteiger partial charge on any atom is 0.260 e. The number of nitrogens with zero attached hydrogens (tertiary/aromatic N) is 2. The maximum atomic E-state index is 13.2. The fraction of sp³-hybridized carbons (Fsp3) is 0.100. The highest BCUT2D eigenvalue weighted by atomic mass is 79.9. The van der Waals surface area contributed by atoms with Crippen LogP contribution in [0.3, 0.4) is 0 Å². The first-order valence-corrected chi connectivity index (χ1v) is 11.0. The smallest absolute Gasteiger partial charge is 0.260 e. The highest BCUT2D eigenvalue weighted by Crippen LogP contribution is 2.29. The van der Waals surface area contributed by atoms with Crippen molar-refractivity contribution in [3.05, 3.63) is 82.6 Å². The second kappa shape index (κ2) is 8.12. The Morgan fingerprint density at radius 1 is 1.14 bits per heavy atom. The quantitative estimate of drug-likeness (QED) is 0.587. The van der Waals surface area contributed by atoms with E-state index in [1.807, 2.05) is 6.07 Å². The minimum atomic E-state index is -3.54. The van der Waals surface area contributed by atoms with Gasteiger partial charge in [-0.1, -0.05) is 18.2 Å². The predicted molar refractivity (Wildman–Crippen MR) is 113 cm³/mol. The molecule has 0 fully saturated rings. The van der Waals surface area contributed by atoms with Crippen molar-refractivity contribution in [2.75, 3.05) is 16.9 Å². The van der Waals surface area contributed by atoms with Crippen LogP contribution in [-0.2, 0) is 16.4 Å². The van der Waals surface area contributed by atoms with Gasteiger partial charge in [-0.25, -0.2) is 8.42 Å². The number of nitrogens with two attached hydrogens (primary N) is 1. The Morgan fingerprint density at radius 3 is 2.54 bits per heavy atom. The molecule has 0 saturated carbocycles. The largest absolute Gasteiger partial charge is 0.398 e. The van der Waals surface area contributed by atoms with Crippen LogP contribution in [0, 0.1) is 0 Å². The topological polar surface area (TPSA) is 93.4 Å². The summed E-state index contributed by atoms with van der Waals surface area (Å²) in [5, 5.41) is 0. The van der Waals surface area contributed by atoms with Crippen molar-refractivity contribution in [2.45, 2.75) is 11.4 Å². The van der Waals surface area contributed by atoms with Gasteiger partial charge in [-0.05, 0) is 57.9 Å². The third kappa shape index (κ3) is 4.40. The van der Waals surface area contributed by atoms with E-state index < -0.39 is 9.84 Å². The lowest BCUT2D eigenvalue weighted by Gasteiger charge is -2.25. The summed E-state index contributed by atoms with van der Waals surface area (Å²) in [5.41, 5.74) is 7.92. The second-order valence-corrected chi connectivity index (χ2v) is 9.07. The summed E-state index contributed by atoms with van der Waals surface area (Å²) in [6, 6.07) is 15.1. The average molecular weight is 460 g/mol. The van der Waals surface area contributed by atoms with Crippen LogP contribution in [0.15, 0.2) is 76.4 Å². The number of carbonyl (C=O) groups is 1. The molecule has 0 unspecified atom stereocenters. The number of halogens is 1. The summed E-state index contributed by atoms with van der Waals surface area (Å²) in [5.74, 6) is -0.356. The molecule has 8 heteroatoms. The average Bonchev–Trinajstić information content (AvgIpc) is 2.68. The number of pyridine rings is 1. The van der Waals surface area contributed by atoms with Crippen LogP contribution in [0.25, 0.3) is 0 Å². The van der Waals surface area contributed by atoms with Crippen molar-refractivity contribution in [1.82, 2.24) is 4.98 Å². The molecule has 0 bridgehead atoms. The molecule has 0 aliphatic heterocycles. The molecule has 144 valence electrons. The van der Waals surface area contributed by atoms with Gasteiger partial charge in [-0.3, -0.25) is 9.78 Å². The maximum absolute atomic E-state index is 13.2. The summed E-state index contributed by atoms with van der Waals surface area (Å²) >= 11 is 3.35. The van der Waals surface area contributed by atoms with Crippen LogP contribution in [0.4, 0.5) is 11.4 Å². The Morgan fingerprint density at radius 2 is 1.89 bits per heavy atom. The molecule has 2 N–H and O–H groups in total. The first kappa shape index (κ1) is 20.0. The molecule has 0 aliphatic rings. The van der Waals surface area contributed by atoms with E-state index in [9.17, 15) is 13.2 Å². The van der Waals surface area contributed by atoms with E-state index in [0.29, 0.717) is 16.9 Å². The van der Waals surface area contributed by atoms with Gasteiger partial charge in [0, 0.05) is 28.8 Å². The molecule has 28 heavy (non-hydrogen) atoms. The summed E-state index contributed by atoms with van der Waals surface area (Å²) < 4.78 is 25.3. The lowest BCUT2D eigenvalue weighted by atomic mass is 10.1. The Balaban J connectivity index is 2.12. The van der Waals surface area contributed by atoms with Gasteiger partial charge in [0.05, 0.1) is 22.7 Å². The molecule has 0 saturated heterocycles. The number of anilines is 2. The van der Waals surface area contributed by atoms with Crippen LogP contribution in [0.2, 0.25) is 0 Å². The molecule has 3 aromatic rings. The van der Waals surface area contributed by atoms with Gasteiger partial charge in [0.2, 0.25) is 0 Å². The molecule has 0 atom stereocenters. The minimum absolute atomic E-state index is 0.0809. The number of hydrogen-bond acceptors (Lipinski definition) is 5. The normalized spacial score (nSPS) is 11.2. The van der Waals surface area contributed by atoms with Crippen LogP contribution in [0.5, 0.6) is 0 Å². The van der Waals surface area contributed by atoms with Gasteiger partial charge >= 0.3 is 0 Å². The first-order chi connectivity index (χ1) is 13.3. The molecule has 0 spiro atoms. The van der Waals surface area contributed by atoms with Crippen LogP contribution in [-0.4, -0.2) is 25.6 Å². The summed E-state index contributed by atoms with van der Waals surface area (Å²) in [6.07, 6.45) is 4.14. The van der Waals surface area contributed by atoms with Crippen LogP contribution < -0.4 is 10.6 Å². The van der Waals surface area contributed by atoms with E-state index in [0.717, 1.165) is 16.3 Å². The summed E-state index contributed by atoms with van der Waals surface area (Å²) in [6.45, 7) is 0.151. The van der Waals surface area contributed by atoms with Crippen molar-refractivity contribution >= 4 is 43.0 Å². The highest BCUT2D eigenvalue weighted by Gasteiger charge is 2.24. The number of nitrogen functional groups attached to an aromatic ring is 1. The summed E-state index contributed by atoms with van der Waals surface area (Å²) in [4.78, 5) is 18.7. The predicted octanol–water partition coefficient (Wildman–Crippen LogP) is 3.68. The zero-order chi connectivity index (χ0) is 20.3. The van der Waals surface area contributed by atoms with Crippen LogP contribution in [0.1, 0.15) is 15.9 Å². The molecule has 1 aromatic heterocycles. The van der Waals surface area contributed by atoms with E-state index in [1.54, 1.807) is 48.7 Å². The lowest BCUT2D eigenvalue weighted by molar-refractivity contribution is 0.0984. The molecule has 1 heterocycles. The third-order valence-corrected chi connectivity index (χ3v) is 5.98. The molecule has 3 rings (SSSR count). The number of hydrogen-bond donors (Lipinski definition) is 1. The molecular weight excluding hydrogens is 442 g/mol. The van der Waals surface area contributed by atoms with E-state index in [2.05, 4.69) is 20.9 Å². The van der Waals surface area contributed by atoms with E-state index >= 15 is 0 Å². The molecule has 1 amide bonds. The third-order valence-electron chi connectivity index (χ3n) is 4.11. The summed E-state index contributed by atoms with van der Waals surface area (Å²) in [7, 11) is -3.54. The Bertz CT molecular complexity index is 1120. The van der Waals surface area contributed by atoms with Crippen molar-refractivity contribution < 1.29 is 13.2 Å². The fourth-order valence-electron chi connectivity index (χ4n) is 2.78. The van der Waals surface area contributed by atoms with Gasteiger partial charge < -0.3 is 10.6 Å². The van der Waals surface area contributed by atoms with Gasteiger partial charge in [-0.2, -0.15) is 0 Å². The number of rotatable bonds is 5. The monoisotopic (exact) mass is 459 g/mol. The van der Waals surface area contributed by atoms with E-state index in [1.165, 1.54) is 17.2 Å². The number of para-hydroxylation sites is 1. The molecule has 0 aliphatic carbocycles. The zero-order valence-corrected chi connectivity index (χ0v) is 17.4. The number of carbonyl (C=O) groups excluding carboxylic acids is 1. The Kier molecular flexibility index (Phi) is 5.81. The second-order valence-electron chi connectivity index (χ2n) is 6.23. The lowest BCUT2D eigenvalue weighted by Crippen LogP contribution is -2.31. The highest BCUT2D eigenvalue weighted by molar-refractivity contribution is 9.10. The van der Waals surface area contributed by atoms with Crippen LogP contribution >= 0.6 is 15.9 Å². The number of aromatic nitrogens is 1. The number of amides is 1. The van der Waals surface area contributed by atoms with Gasteiger partial charge in [0.1, 0.15) is 0 Å². The fourth-order valence-corrected chi connectivity index (χ4v) is 3.91. The van der Waals surface area contributed by atoms with E-state index in [-0.39, 0.29) is 17.3 Å². The Labute approximate surface area is 172 Å². The number of benzene rings is 2. The standard InChI is InChI=1S/C20H18BrN3O3S/c1-28(26,27)19-7-3-2-6-18(19)24(20(25)15-5-4-10-23-12-15)13-14-8-9-16(21)17(22)11-14/h2-12H,13,22H2,1H3. The Hall–Kier alpha value is -2.71. The number of sulfone groups is 1. The molecule has 0 radical (unpaired) electrons. The zero-order valence-electron chi connectivity index (χ0n) is 15.0. The molecular formula is C20H18BrN3O3S. The van der Waals surface area contributed by atoms with Gasteiger partial charge in [0.15, 0.2) is 9.84 Å². The van der Waals surface area contributed by atoms with Crippen molar-refractivity contribution in [3.8, 4) is 0 Å². The van der Waals surface area contributed by atoms with E-state index in [4.69, 9.17) is 5.73 Å². The van der Waals surface area contributed by atoms with Crippen molar-refractivity contribution in [3.63, 3.8) is 0 Å². The first-order valence-electron chi connectivity index (χ1n) is 8.32.